The molecule has 0 aliphatic heterocycles. The summed E-state index contributed by atoms with van der Waals surface area (Å²) in [5.41, 5.74) is -2.43. The first-order valence-corrected chi connectivity index (χ1v) is 13.8. The summed E-state index contributed by atoms with van der Waals surface area (Å²) >= 11 is 0. The molecule has 0 fully saturated rings. The maximum Gasteiger partial charge on any atom is 0.408 e. The van der Waals surface area contributed by atoms with Crippen LogP contribution in [0.15, 0.2) is 36.7 Å². The predicted octanol–water partition coefficient (Wildman–Crippen LogP) is 3.81. The normalized spacial score (nSPS) is 12.8. The number of alkyl halides is 2. The number of unbranched alkanes of at least 4 members (excludes halogenated alkanes) is 1. The van der Waals surface area contributed by atoms with Crippen LogP contribution in [-0.4, -0.2) is 68.9 Å². The van der Waals surface area contributed by atoms with Gasteiger partial charge in [0.1, 0.15) is 29.9 Å². The molecule has 42 heavy (non-hydrogen) atoms. The van der Waals surface area contributed by atoms with E-state index in [0.29, 0.717) is 19.4 Å². The average molecular weight is 597 g/mol. The summed E-state index contributed by atoms with van der Waals surface area (Å²) in [6.07, 6.45) is 0.0308. The highest BCUT2D eigenvalue weighted by atomic mass is 19.3. The fourth-order valence-corrected chi connectivity index (χ4v) is 3.79. The number of nitrogens with one attached hydrogen (secondary N) is 3. The molecular formula is C28H42F2N6O6. The Labute approximate surface area is 244 Å². The van der Waals surface area contributed by atoms with E-state index in [1.807, 2.05) is 0 Å². The second-order valence-corrected chi connectivity index (χ2v) is 11.2. The lowest BCUT2D eigenvalue weighted by Gasteiger charge is -2.30. The molecule has 0 aliphatic rings. The summed E-state index contributed by atoms with van der Waals surface area (Å²) in [5, 5.41) is 20.7. The van der Waals surface area contributed by atoms with Crippen LogP contribution in [0, 0.1) is 0 Å². The van der Waals surface area contributed by atoms with Gasteiger partial charge in [-0.05, 0) is 53.9 Å². The van der Waals surface area contributed by atoms with Crippen molar-refractivity contribution in [2.75, 3.05) is 19.8 Å². The molecule has 2 rings (SSSR count). The molecule has 0 bridgehead atoms. The fourth-order valence-electron chi connectivity index (χ4n) is 3.79. The summed E-state index contributed by atoms with van der Waals surface area (Å²) in [5.74, 6) is -3.68. The monoisotopic (exact) mass is 596 g/mol. The van der Waals surface area contributed by atoms with Crippen molar-refractivity contribution in [1.29, 1.82) is 0 Å². The lowest BCUT2D eigenvalue weighted by atomic mass is 9.98. The highest BCUT2D eigenvalue weighted by Crippen LogP contribution is 2.35. The van der Waals surface area contributed by atoms with E-state index in [2.05, 4.69) is 26.0 Å². The van der Waals surface area contributed by atoms with Gasteiger partial charge in [0.05, 0.1) is 12.6 Å². The summed E-state index contributed by atoms with van der Waals surface area (Å²) < 4.78 is 41.9. The summed E-state index contributed by atoms with van der Waals surface area (Å²) in [6.45, 7) is 8.26. The number of aliphatic hydroxyl groups is 1. The van der Waals surface area contributed by atoms with Gasteiger partial charge >= 0.3 is 12.2 Å². The van der Waals surface area contributed by atoms with Crippen molar-refractivity contribution in [2.45, 2.75) is 90.0 Å². The molecule has 1 atom stereocenters. The summed E-state index contributed by atoms with van der Waals surface area (Å²) in [6, 6.07) is 6.32. The topological polar surface area (TPSA) is 157 Å². The minimum absolute atomic E-state index is 0.0229. The number of hydrogen-bond acceptors (Lipinski definition) is 8. The zero-order chi connectivity index (χ0) is 31.4. The fraction of sp³-hybridized carbons (Fsp3) is 0.607. The van der Waals surface area contributed by atoms with Crippen molar-refractivity contribution < 1.29 is 37.7 Å². The van der Waals surface area contributed by atoms with Crippen molar-refractivity contribution in [3.63, 3.8) is 0 Å². The molecule has 4 N–H and O–H groups in total. The Morgan fingerprint density at radius 1 is 1.05 bits per heavy atom. The molecule has 0 saturated heterocycles. The van der Waals surface area contributed by atoms with Gasteiger partial charge in [0.2, 0.25) is 5.91 Å². The maximum absolute atomic E-state index is 15.1. The predicted molar refractivity (Wildman–Crippen MR) is 150 cm³/mol. The van der Waals surface area contributed by atoms with Crippen LogP contribution in [0.25, 0.3) is 0 Å². The van der Waals surface area contributed by atoms with Crippen molar-refractivity contribution in [2.24, 2.45) is 0 Å². The Kier molecular flexibility index (Phi) is 12.6. The second-order valence-electron chi connectivity index (χ2n) is 11.2. The number of halogens is 2. The molecule has 1 aromatic carbocycles. The molecule has 1 heterocycles. The Hall–Kier alpha value is -3.81. The van der Waals surface area contributed by atoms with Gasteiger partial charge in [0, 0.05) is 25.1 Å². The highest BCUT2D eigenvalue weighted by molar-refractivity contribution is 5.89. The molecule has 0 radical (unpaired) electrons. The van der Waals surface area contributed by atoms with E-state index >= 15 is 8.78 Å². The number of aliphatic hydroxyl groups excluding tert-OH is 1. The molecule has 0 saturated carbocycles. The minimum atomic E-state index is -3.20. The molecule has 0 unspecified atom stereocenters. The van der Waals surface area contributed by atoms with Gasteiger partial charge in [0.15, 0.2) is 0 Å². The van der Waals surface area contributed by atoms with Crippen LogP contribution in [0.4, 0.5) is 18.4 Å². The minimum Gasteiger partial charge on any atom is -0.448 e. The van der Waals surface area contributed by atoms with Crippen LogP contribution in [0.5, 0.6) is 0 Å². The number of carbonyl (C=O) groups is 3. The number of hydrogen-bond donors (Lipinski definition) is 4. The molecule has 0 spiro atoms. The quantitative estimate of drug-likeness (QED) is 0.226. The van der Waals surface area contributed by atoms with Crippen LogP contribution in [0.1, 0.15) is 77.7 Å². The standard InChI is InChI=1S/C28H42F2N6O6/c1-26(2,3)42-25(40)35-27(4,5)23(38)34-21(13-14-28(29,30)20-11-7-6-8-12-20)22-32-19-33-36(22)16-18-41-24(39)31-15-9-10-17-37/h6-8,11-12,19,21,37H,9-10,13-18H2,1-5H3,(H,31,39)(H,34,38)(H,35,40)/t21-/m1/s1. The maximum atomic E-state index is 15.1. The Balaban J connectivity index is 2.17. The van der Waals surface area contributed by atoms with Gasteiger partial charge in [-0.3, -0.25) is 4.79 Å². The van der Waals surface area contributed by atoms with E-state index in [0.717, 1.165) is 0 Å². The van der Waals surface area contributed by atoms with Crippen molar-refractivity contribution >= 4 is 18.1 Å². The van der Waals surface area contributed by atoms with E-state index < -0.39 is 47.6 Å². The highest BCUT2D eigenvalue weighted by Gasteiger charge is 2.37. The molecule has 12 nitrogen and oxygen atoms in total. The number of nitrogens with zero attached hydrogens (tertiary/aromatic N) is 3. The van der Waals surface area contributed by atoms with E-state index in [1.54, 1.807) is 26.8 Å². The number of amides is 3. The van der Waals surface area contributed by atoms with Crippen LogP contribution in [0.3, 0.4) is 0 Å². The van der Waals surface area contributed by atoms with Gasteiger partial charge in [-0.25, -0.2) is 28.0 Å². The first-order valence-electron chi connectivity index (χ1n) is 13.8. The first kappa shape index (κ1) is 34.4. The Morgan fingerprint density at radius 2 is 1.74 bits per heavy atom. The molecule has 234 valence electrons. The third kappa shape index (κ3) is 11.6. The molecule has 14 heteroatoms. The number of carbonyl (C=O) groups excluding carboxylic acids is 3. The van der Waals surface area contributed by atoms with Crippen LogP contribution in [-0.2, 0) is 26.7 Å². The molecular weight excluding hydrogens is 554 g/mol. The van der Waals surface area contributed by atoms with Crippen molar-refractivity contribution in [1.82, 2.24) is 30.7 Å². The lowest BCUT2D eigenvalue weighted by molar-refractivity contribution is -0.127. The zero-order valence-electron chi connectivity index (χ0n) is 24.8. The molecule has 3 amide bonds. The van der Waals surface area contributed by atoms with Gasteiger partial charge in [-0.1, -0.05) is 30.3 Å². The number of ether oxygens (including phenoxy) is 2. The molecule has 2 aromatic rings. The van der Waals surface area contributed by atoms with E-state index in [9.17, 15) is 14.4 Å². The van der Waals surface area contributed by atoms with Crippen molar-refractivity contribution in [3.8, 4) is 0 Å². The Bertz CT molecular complexity index is 1150. The smallest absolute Gasteiger partial charge is 0.408 e. The summed E-state index contributed by atoms with van der Waals surface area (Å²) in [7, 11) is 0. The van der Waals surface area contributed by atoms with E-state index in [1.165, 1.54) is 49.1 Å². The van der Waals surface area contributed by atoms with Gasteiger partial charge in [-0.2, -0.15) is 5.10 Å². The Morgan fingerprint density at radius 3 is 2.38 bits per heavy atom. The third-order valence-corrected chi connectivity index (χ3v) is 5.98. The lowest BCUT2D eigenvalue weighted by Crippen LogP contribution is -2.56. The average Bonchev–Trinajstić information content (AvgIpc) is 3.36. The van der Waals surface area contributed by atoms with Crippen molar-refractivity contribution in [3.05, 3.63) is 48.0 Å². The number of aromatic nitrogens is 3. The summed E-state index contributed by atoms with van der Waals surface area (Å²) in [4.78, 5) is 41.8. The first-order chi connectivity index (χ1) is 19.6. The number of benzene rings is 1. The largest absolute Gasteiger partial charge is 0.448 e. The van der Waals surface area contributed by atoms with Crippen LogP contribution < -0.4 is 16.0 Å². The van der Waals surface area contributed by atoms with Crippen LogP contribution in [0.2, 0.25) is 0 Å². The van der Waals surface area contributed by atoms with Gasteiger partial charge in [-0.15, -0.1) is 0 Å². The molecule has 0 aliphatic carbocycles. The second kappa shape index (κ2) is 15.4. The van der Waals surface area contributed by atoms with Gasteiger partial charge < -0.3 is 30.5 Å². The zero-order valence-corrected chi connectivity index (χ0v) is 24.8. The SMILES string of the molecule is CC(C)(C)OC(=O)NC(C)(C)C(=O)N[C@H](CCC(F)(F)c1ccccc1)c1ncnn1CCOC(=O)NCCCCO. The number of rotatable bonds is 15. The van der Waals surface area contributed by atoms with E-state index in [-0.39, 0.29) is 37.6 Å². The third-order valence-electron chi connectivity index (χ3n) is 5.98. The number of alkyl carbamates (subject to hydrolysis) is 2. The van der Waals surface area contributed by atoms with E-state index in [4.69, 9.17) is 14.6 Å². The van der Waals surface area contributed by atoms with Gasteiger partial charge in [0.25, 0.3) is 5.92 Å². The molecule has 1 aromatic heterocycles. The van der Waals surface area contributed by atoms with Crippen LogP contribution >= 0.6 is 0 Å².